The summed E-state index contributed by atoms with van der Waals surface area (Å²) >= 11 is 0. The number of aliphatic carboxylic acids is 2. The van der Waals surface area contributed by atoms with Crippen LogP contribution in [0, 0.1) is 0 Å². The summed E-state index contributed by atoms with van der Waals surface area (Å²) in [5, 5.41) is 18.6. The van der Waals surface area contributed by atoms with Crippen molar-refractivity contribution in [3.63, 3.8) is 0 Å². The highest BCUT2D eigenvalue weighted by molar-refractivity contribution is 7.85. The number of nitrogens with zero attached hydrogens (tertiary/aromatic N) is 2. The van der Waals surface area contributed by atoms with Gasteiger partial charge in [0.05, 0.1) is 16.7 Å². The lowest BCUT2D eigenvalue weighted by Gasteiger charge is -2.26. The molecule has 0 atom stereocenters. The Morgan fingerprint density at radius 1 is 0.902 bits per heavy atom. The van der Waals surface area contributed by atoms with Crippen molar-refractivity contribution in [3.05, 3.63) is 89.7 Å². The molecular weight excluding hydrogens is 544 g/mol. The van der Waals surface area contributed by atoms with Crippen LogP contribution in [0.15, 0.2) is 83.4 Å². The van der Waals surface area contributed by atoms with Gasteiger partial charge in [0, 0.05) is 41.1 Å². The predicted molar refractivity (Wildman–Crippen MR) is 157 cm³/mol. The summed E-state index contributed by atoms with van der Waals surface area (Å²) in [7, 11) is -4.40. The lowest BCUT2D eigenvalue weighted by atomic mass is 9.81. The molecule has 0 fully saturated rings. The second-order valence-electron chi connectivity index (χ2n) is 11.2. The lowest BCUT2D eigenvalue weighted by Crippen LogP contribution is -2.28. The zero-order valence-corrected chi connectivity index (χ0v) is 24.4. The molecule has 2 heterocycles. The molecule has 41 heavy (non-hydrogen) atoms. The Hall–Kier alpha value is -4.02. The van der Waals surface area contributed by atoms with E-state index in [-0.39, 0.29) is 29.7 Å². The molecule has 0 saturated heterocycles. The summed E-state index contributed by atoms with van der Waals surface area (Å²) in [6.45, 7) is 8.60. The van der Waals surface area contributed by atoms with Crippen molar-refractivity contribution in [2.45, 2.75) is 56.3 Å². The van der Waals surface area contributed by atoms with E-state index >= 15 is 0 Å². The first-order chi connectivity index (χ1) is 19.2. The third kappa shape index (κ3) is 5.89. The summed E-state index contributed by atoms with van der Waals surface area (Å²) in [4.78, 5) is 24.3. The van der Waals surface area contributed by atoms with E-state index in [0.717, 1.165) is 22.7 Å². The number of carboxylic acids is 2. The molecule has 0 amide bonds. The summed E-state index contributed by atoms with van der Waals surface area (Å²) in [5.74, 6) is -1.81. The van der Waals surface area contributed by atoms with Crippen molar-refractivity contribution < 1.29 is 37.3 Å². The predicted octanol–water partition coefficient (Wildman–Crippen LogP) is 5.05. The monoisotopic (exact) mass is 579 g/mol. The molecule has 9 nitrogen and oxygen atoms in total. The van der Waals surface area contributed by atoms with E-state index in [0.29, 0.717) is 17.8 Å². The Morgan fingerprint density at radius 2 is 1.59 bits per heavy atom. The first-order valence-electron chi connectivity index (χ1n) is 13.3. The second kappa shape index (κ2) is 11.1. The second-order valence-corrected chi connectivity index (χ2v) is 12.6. The molecule has 3 N–H and O–H groups in total. The molecule has 0 radical (unpaired) electrons. The van der Waals surface area contributed by atoms with Crippen molar-refractivity contribution in [2.75, 3.05) is 18.0 Å². The number of hydrogen-bond donors (Lipinski definition) is 3. The van der Waals surface area contributed by atoms with Crippen LogP contribution in [0.25, 0.3) is 0 Å². The number of carbonyl (C=O) groups is 2. The van der Waals surface area contributed by atoms with E-state index in [1.807, 2.05) is 71.9 Å². The van der Waals surface area contributed by atoms with E-state index < -0.39 is 27.5 Å². The third-order valence-electron chi connectivity index (χ3n) is 7.79. The zero-order chi connectivity index (χ0) is 30.2. The first kappa shape index (κ1) is 30.0. The number of para-hydroxylation sites is 1. The van der Waals surface area contributed by atoms with Gasteiger partial charge in [-0.15, -0.1) is 0 Å². The molecule has 0 spiro atoms. The number of fused-ring (bicyclic) bond motifs is 2. The molecule has 2 aromatic carbocycles. The van der Waals surface area contributed by atoms with Crippen molar-refractivity contribution in [1.29, 1.82) is 0 Å². The van der Waals surface area contributed by atoms with E-state index in [9.17, 15) is 32.8 Å². The maximum absolute atomic E-state index is 11.8. The van der Waals surface area contributed by atoms with Crippen LogP contribution in [0.2, 0.25) is 0 Å². The molecule has 2 aliphatic rings. The minimum absolute atomic E-state index is 0.00477. The Kier molecular flexibility index (Phi) is 8.11. The number of benzene rings is 2. The fourth-order valence-electron chi connectivity index (χ4n) is 5.71. The quantitative estimate of drug-likeness (QED) is 0.202. The van der Waals surface area contributed by atoms with Crippen LogP contribution in [-0.2, 0) is 30.5 Å². The highest BCUT2D eigenvalue weighted by Crippen LogP contribution is 2.48. The van der Waals surface area contributed by atoms with Crippen LogP contribution in [0.1, 0.15) is 51.7 Å². The van der Waals surface area contributed by atoms with Crippen molar-refractivity contribution in [3.8, 4) is 0 Å². The van der Waals surface area contributed by atoms with Gasteiger partial charge in [0.25, 0.3) is 10.1 Å². The highest BCUT2D eigenvalue weighted by Gasteiger charge is 2.44. The van der Waals surface area contributed by atoms with Crippen LogP contribution in [0.5, 0.6) is 0 Å². The molecule has 0 bridgehead atoms. The summed E-state index contributed by atoms with van der Waals surface area (Å²) in [6, 6.07) is 12.3. The van der Waals surface area contributed by atoms with Crippen LogP contribution in [0.4, 0.5) is 11.4 Å². The number of anilines is 1. The number of hydrogen-bond acceptors (Lipinski definition) is 5. The van der Waals surface area contributed by atoms with E-state index in [1.165, 1.54) is 12.1 Å². The lowest BCUT2D eigenvalue weighted by molar-refractivity contribution is -0.436. The van der Waals surface area contributed by atoms with Crippen LogP contribution in [-0.4, -0.2) is 58.5 Å². The van der Waals surface area contributed by atoms with Gasteiger partial charge in [0.1, 0.15) is 6.42 Å². The summed E-state index contributed by atoms with van der Waals surface area (Å²) in [5.41, 5.74) is 4.25. The standard InChI is InChI=1S/C31H34N2O7S/c1-30(2)22-10-8-9-11-24(22)32(18-16-28(34)35)26(30)12-6-5-7-13-27-31(3,4)23-20-21(41(38,39)40)14-15-25(23)33(27)19-17-29(36)37/h5-15,20H,16-19H2,1-4H3,(H2-,34,35,36,37,38,39,40)/p+1. The summed E-state index contributed by atoms with van der Waals surface area (Å²) < 4.78 is 35.2. The molecule has 0 aliphatic carbocycles. The first-order valence-corrected chi connectivity index (χ1v) is 14.7. The molecule has 2 aromatic rings. The van der Waals surface area contributed by atoms with E-state index in [4.69, 9.17) is 0 Å². The van der Waals surface area contributed by atoms with Gasteiger partial charge in [-0.25, -0.2) is 0 Å². The normalized spacial score (nSPS) is 18.5. The fraction of sp³-hybridized carbons (Fsp3) is 0.323. The molecule has 0 unspecified atom stereocenters. The zero-order valence-electron chi connectivity index (χ0n) is 23.5. The topological polar surface area (TPSA) is 135 Å². The summed E-state index contributed by atoms with van der Waals surface area (Å²) in [6.07, 6.45) is 9.33. The van der Waals surface area contributed by atoms with Gasteiger partial charge in [-0.1, -0.05) is 50.3 Å². The Morgan fingerprint density at radius 3 is 2.24 bits per heavy atom. The van der Waals surface area contributed by atoms with Crippen molar-refractivity contribution >= 4 is 39.1 Å². The SMILES string of the molecule is CC1(C)C(/C=C/C=C/C=C2/N(CCC(=O)O)c3ccc(S(=O)(=O)O)cc3C2(C)C)=[N+](CCC(=O)O)c2ccccc21. The Labute approximate surface area is 240 Å². The molecule has 0 saturated carbocycles. The van der Waals surface area contributed by atoms with Gasteiger partial charge in [0.15, 0.2) is 12.3 Å². The van der Waals surface area contributed by atoms with E-state index in [2.05, 4.69) is 19.9 Å². The van der Waals surface area contributed by atoms with Gasteiger partial charge in [0.2, 0.25) is 5.69 Å². The van der Waals surface area contributed by atoms with Gasteiger partial charge >= 0.3 is 11.9 Å². The van der Waals surface area contributed by atoms with Gasteiger partial charge < -0.3 is 15.1 Å². The van der Waals surface area contributed by atoms with Crippen LogP contribution >= 0.6 is 0 Å². The number of rotatable bonds is 10. The minimum Gasteiger partial charge on any atom is -0.481 e. The maximum Gasteiger partial charge on any atom is 0.309 e. The van der Waals surface area contributed by atoms with Gasteiger partial charge in [-0.2, -0.15) is 13.0 Å². The molecule has 2 aliphatic heterocycles. The molecule has 4 rings (SSSR count). The smallest absolute Gasteiger partial charge is 0.309 e. The van der Waals surface area contributed by atoms with Crippen LogP contribution in [0.3, 0.4) is 0 Å². The number of allylic oxidation sites excluding steroid dienone is 6. The van der Waals surface area contributed by atoms with Crippen molar-refractivity contribution in [2.24, 2.45) is 0 Å². The van der Waals surface area contributed by atoms with E-state index in [1.54, 1.807) is 6.07 Å². The third-order valence-corrected chi connectivity index (χ3v) is 8.64. The average molecular weight is 580 g/mol. The fourth-order valence-corrected chi connectivity index (χ4v) is 6.22. The molecule has 216 valence electrons. The maximum atomic E-state index is 11.8. The van der Waals surface area contributed by atoms with Crippen molar-refractivity contribution in [1.82, 2.24) is 0 Å². The number of carboxylic acid groups (broad SMARTS) is 2. The van der Waals surface area contributed by atoms with Gasteiger partial charge in [-0.3, -0.25) is 14.1 Å². The van der Waals surface area contributed by atoms with Crippen LogP contribution < -0.4 is 4.90 Å². The molecule has 10 heteroatoms. The Balaban J connectivity index is 1.68. The molecular formula is C31H35N2O7S+. The largest absolute Gasteiger partial charge is 0.481 e. The average Bonchev–Trinajstić information content (AvgIpc) is 3.23. The van der Waals surface area contributed by atoms with Gasteiger partial charge in [-0.05, 0) is 43.7 Å². The minimum atomic E-state index is -4.40. The molecule has 0 aromatic heterocycles. The Bertz CT molecular complexity index is 1630. The highest BCUT2D eigenvalue weighted by atomic mass is 32.2.